The minimum absolute atomic E-state index is 0.401. The number of carbonyl (C=O) groups is 1. The number of nitro benzene ring substituents is 2. The van der Waals surface area contributed by atoms with Gasteiger partial charge in [0.1, 0.15) is 9.21 Å². The zero-order chi connectivity index (χ0) is 18.4. The van der Waals surface area contributed by atoms with Crippen molar-refractivity contribution in [3.8, 4) is 0 Å². The molecule has 2 aromatic rings. The van der Waals surface area contributed by atoms with Crippen molar-refractivity contribution in [3.63, 3.8) is 0 Å². The summed E-state index contributed by atoms with van der Waals surface area (Å²) < 4.78 is 1.24. The Bertz CT molecular complexity index is 736. The van der Waals surface area contributed by atoms with Crippen molar-refractivity contribution in [1.29, 1.82) is 0 Å². The van der Waals surface area contributed by atoms with Crippen LogP contribution >= 0.6 is 31.9 Å². The summed E-state index contributed by atoms with van der Waals surface area (Å²) in [7, 11) is 0. The number of hydrogen-bond donors (Lipinski definition) is 2. The summed E-state index contributed by atoms with van der Waals surface area (Å²) in [5.74, 6) is -1.06. The number of nitrogens with two attached hydrogens (primary N) is 1. The van der Waals surface area contributed by atoms with Gasteiger partial charge >= 0.3 is 5.97 Å². The van der Waals surface area contributed by atoms with Gasteiger partial charge in [0, 0.05) is 12.1 Å². The van der Waals surface area contributed by atoms with E-state index in [1.165, 1.54) is 0 Å². The number of hydrogen-bond acceptors (Lipinski definition) is 8. The van der Waals surface area contributed by atoms with Crippen LogP contribution in [0.1, 0.15) is 10.4 Å². The van der Waals surface area contributed by atoms with E-state index in [1.54, 1.807) is 6.20 Å². The monoisotopic (exact) mass is 463 g/mol. The van der Waals surface area contributed by atoms with Crippen molar-refractivity contribution < 1.29 is 19.7 Å². The van der Waals surface area contributed by atoms with Gasteiger partial charge in [-0.3, -0.25) is 20.2 Å². The Morgan fingerprint density at radius 1 is 1.12 bits per heavy atom. The van der Waals surface area contributed by atoms with Crippen molar-refractivity contribution in [2.24, 2.45) is 0 Å². The van der Waals surface area contributed by atoms with E-state index >= 15 is 0 Å². The highest BCUT2D eigenvalue weighted by Crippen LogP contribution is 2.22. The minimum Gasteiger partial charge on any atom is -0.478 e. The Kier molecular flexibility index (Phi) is 6.67. The normalized spacial score (nSPS) is 9.58. The number of anilines is 1. The third-order valence-electron chi connectivity index (χ3n) is 2.30. The highest BCUT2D eigenvalue weighted by Gasteiger charge is 2.19. The predicted molar refractivity (Wildman–Crippen MR) is 88.6 cm³/mol. The molecule has 0 aliphatic rings. The molecule has 0 spiro atoms. The molecule has 0 fully saturated rings. The molecule has 13 heteroatoms. The van der Waals surface area contributed by atoms with Crippen LogP contribution in [0.5, 0.6) is 0 Å². The van der Waals surface area contributed by atoms with E-state index in [2.05, 4.69) is 41.8 Å². The summed E-state index contributed by atoms with van der Waals surface area (Å²) >= 11 is 6.25. The molecule has 0 unspecified atom stereocenters. The molecule has 1 aromatic heterocycles. The van der Waals surface area contributed by atoms with Crippen LogP contribution in [0.15, 0.2) is 33.6 Å². The number of benzene rings is 1. The Morgan fingerprint density at radius 2 is 1.62 bits per heavy atom. The molecular formula is C11H7Br2N5O6. The van der Waals surface area contributed by atoms with Crippen molar-refractivity contribution in [2.45, 2.75) is 0 Å². The fraction of sp³-hybridized carbons (Fsp3) is 0. The Balaban J connectivity index is 0.000000272. The van der Waals surface area contributed by atoms with Gasteiger partial charge in [0.2, 0.25) is 0 Å². The van der Waals surface area contributed by atoms with Crippen LogP contribution in [0.4, 0.5) is 17.2 Å². The maximum atomic E-state index is 10.5. The lowest BCUT2D eigenvalue weighted by molar-refractivity contribution is -0.394. The highest BCUT2D eigenvalue weighted by molar-refractivity contribution is 9.11. The third kappa shape index (κ3) is 5.51. The number of nitro groups is 2. The van der Waals surface area contributed by atoms with Gasteiger partial charge in [0.25, 0.3) is 11.4 Å². The lowest BCUT2D eigenvalue weighted by atomic mass is 10.2. The van der Waals surface area contributed by atoms with E-state index in [9.17, 15) is 25.0 Å². The number of nitrogens with zero attached hydrogens (tertiary/aromatic N) is 4. The number of rotatable bonds is 3. The smallest absolute Gasteiger partial charge is 0.336 e. The summed E-state index contributed by atoms with van der Waals surface area (Å²) in [4.78, 5) is 37.1. The Hall–Kier alpha value is -2.67. The van der Waals surface area contributed by atoms with Crippen molar-refractivity contribution in [3.05, 3.63) is 59.4 Å². The quantitative estimate of drug-likeness (QED) is 0.510. The van der Waals surface area contributed by atoms with Gasteiger partial charge in [-0.05, 0) is 31.9 Å². The van der Waals surface area contributed by atoms with E-state index in [0.29, 0.717) is 21.1 Å². The highest BCUT2D eigenvalue weighted by atomic mass is 79.9. The lowest BCUT2D eigenvalue weighted by Gasteiger charge is -1.96. The van der Waals surface area contributed by atoms with Crippen molar-refractivity contribution in [1.82, 2.24) is 9.97 Å². The number of nitrogen functional groups attached to an aromatic ring is 1. The number of aromatic carboxylic acids is 1. The van der Waals surface area contributed by atoms with Crippen LogP contribution < -0.4 is 5.73 Å². The molecule has 11 nitrogen and oxygen atoms in total. The minimum atomic E-state index is -1.46. The fourth-order valence-electron chi connectivity index (χ4n) is 1.29. The zero-order valence-electron chi connectivity index (χ0n) is 11.4. The first kappa shape index (κ1) is 19.4. The average molecular weight is 465 g/mol. The maximum Gasteiger partial charge on any atom is 0.336 e. The first-order valence-corrected chi connectivity index (χ1v) is 7.31. The number of carboxylic acids is 1. The van der Waals surface area contributed by atoms with Crippen molar-refractivity contribution >= 4 is 55.0 Å². The first-order valence-electron chi connectivity index (χ1n) is 5.72. The lowest BCUT2D eigenvalue weighted by Crippen LogP contribution is -2.00. The second-order valence-electron chi connectivity index (χ2n) is 3.93. The van der Waals surface area contributed by atoms with Crippen molar-refractivity contribution in [2.75, 3.05) is 5.73 Å². The van der Waals surface area contributed by atoms with Gasteiger partial charge in [-0.25, -0.2) is 14.8 Å². The molecule has 1 heterocycles. The number of carboxylic acid groups (broad SMARTS) is 1. The molecule has 0 saturated heterocycles. The summed E-state index contributed by atoms with van der Waals surface area (Å²) in [5.41, 5.74) is 3.61. The summed E-state index contributed by atoms with van der Waals surface area (Å²) in [6, 6.07) is 2.22. The largest absolute Gasteiger partial charge is 0.478 e. The van der Waals surface area contributed by atoms with Crippen LogP contribution in [0.25, 0.3) is 0 Å². The Morgan fingerprint density at radius 3 is 1.96 bits per heavy atom. The number of halogens is 2. The molecule has 0 saturated carbocycles. The molecule has 24 heavy (non-hydrogen) atoms. The van der Waals surface area contributed by atoms with E-state index in [0.717, 1.165) is 12.1 Å². The number of aromatic nitrogens is 2. The van der Waals surface area contributed by atoms with Crippen LogP contribution in [-0.4, -0.2) is 30.9 Å². The first-order chi connectivity index (χ1) is 11.1. The molecule has 2 rings (SSSR count). The van der Waals surface area contributed by atoms with Gasteiger partial charge in [-0.15, -0.1) is 0 Å². The topological polar surface area (TPSA) is 175 Å². The van der Waals surface area contributed by atoms with Gasteiger partial charge in [-0.2, -0.15) is 0 Å². The predicted octanol–water partition coefficient (Wildman–Crippen LogP) is 2.79. The zero-order valence-corrected chi connectivity index (χ0v) is 14.6. The molecule has 0 amide bonds. The molecule has 0 atom stereocenters. The van der Waals surface area contributed by atoms with E-state index < -0.39 is 32.8 Å². The molecule has 126 valence electrons. The van der Waals surface area contributed by atoms with Gasteiger partial charge in [0.15, 0.2) is 5.82 Å². The van der Waals surface area contributed by atoms with E-state index in [1.807, 2.05) is 0 Å². The number of non-ortho nitro benzene ring substituents is 2. The summed E-state index contributed by atoms with van der Waals surface area (Å²) in [6.45, 7) is 0. The van der Waals surface area contributed by atoms with Crippen LogP contribution in [0, 0.1) is 20.2 Å². The molecule has 1 aromatic carbocycles. The SMILES string of the molecule is Nc1ncc(Br)nc1Br.O=C(O)c1cc([N+](=O)[O-])cc([N+](=O)[O-])c1. The molecular weight excluding hydrogens is 458 g/mol. The van der Waals surface area contributed by atoms with Crippen LogP contribution in [0.3, 0.4) is 0 Å². The van der Waals surface area contributed by atoms with Gasteiger partial charge in [0.05, 0.1) is 27.7 Å². The van der Waals surface area contributed by atoms with Crippen LogP contribution in [-0.2, 0) is 0 Å². The van der Waals surface area contributed by atoms with Crippen LogP contribution in [0.2, 0.25) is 0 Å². The molecule has 0 radical (unpaired) electrons. The van der Waals surface area contributed by atoms with Gasteiger partial charge in [-0.1, -0.05) is 0 Å². The molecule has 0 aliphatic heterocycles. The third-order valence-corrected chi connectivity index (χ3v) is 3.26. The second-order valence-corrected chi connectivity index (χ2v) is 5.49. The molecule has 0 aliphatic carbocycles. The molecule has 3 N–H and O–H groups in total. The second kappa shape index (κ2) is 8.26. The standard InChI is InChI=1S/C7H4N2O6.C4H3Br2N3/c10-7(11)4-1-5(8(12)13)3-6(2-4)9(14)15;5-2-1-8-4(7)3(6)9-2/h1-3H,(H,10,11);1H,(H2,7,8). The fourth-order valence-corrected chi connectivity index (χ4v) is 2.10. The van der Waals surface area contributed by atoms with E-state index in [-0.39, 0.29) is 0 Å². The summed E-state index contributed by atoms with van der Waals surface area (Å²) in [5, 5.41) is 29.2. The van der Waals surface area contributed by atoms with E-state index in [4.69, 9.17) is 10.8 Å². The molecule has 0 bridgehead atoms. The average Bonchev–Trinajstić information content (AvgIpc) is 2.51. The van der Waals surface area contributed by atoms with Gasteiger partial charge < -0.3 is 10.8 Å². The Labute approximate surface area is 150 Å². The summed E-state index contributed by atoms with van der Waals surface area (Å²) in [6.07, 6.45) is 1.54. The maximum absolute atomic E-state index is 10.5.